The van der Waals surface area contributed by atoms with Gasteiger partial charge in [-0.15, -0.1) is 0 Å². The maximum Gasteiger partial charge on any atom is 0.222 e. The number of carbonyl (C=O) groups excluding carboxylic acids is 1. The monoisotopic (exact) mass is 287 g/mol. The average molecular weight is 287 g/mol. The third-order valence-corrected chi connectivity index (χ3v) is 4.34. The topological polar surface area (TPSA) is 49.6 Å². The van der Waals surface area contributed by atoms with Gasteiger partial charge in [0.15, 0.2) is 0 Å². The second kappa shape index (κ2) is 10.5. The molecule has 19 heavy (non-hydrogen) atoms. The molecule has 1 aliphatic rings. The molecule has 1 saturated heterocycles. The minimum atomic E-state index is 0.334. The highest BCUT2D eigenvalue weighted by atomic mass is 32.2. The molecule has 1 rings (SSSR count). The summed E-state index contributed by atoms with van der Waals surface area (Å²) in [5, 5.41) is 0. The Hall–Kier alpha value is -0.260. The van der Waals surface area contributed by atoms with E-state index in [1.54, 1.807) is 0 Å². The van der Waals surface area contributed by atoms with Crippen LogP contribution in [0.4, 0.5) is 0 Å². The van der Waals surface area contributed by atoms with Gasteiger partial charge in [-0.25, -0.2) is 0 Å². The number of carbonyl (C=O) groups is 1. The van der Waals surface area contributed by atoms with E-state index < -0.39 is 0 Å². The van der Waals surface area contributed by atoms with Crippen LogP contribution in [0.3, 0.4) is 0 Å². The first-order valence-corrected chi connectivity index (χ1v) is 8.86. The highest BCUT2D eigenvalue weighted by molar-refractivity contribution is 7.98. The van der Waals surface area contributed by atoms with Crippen molar-refractivity contribution in [3.8, 4) is 0 Å². The lowest BCUT2D eigenvalue weighted by atomic mass is 10.1. The summed E-state index contributed by atoms with van der Waals surface area (Å²) >= 11 is 1.91. The average Bonchev–Trinajstić information content (AvgIpc) is 2.44. The zero-order valence-corrected chi connectivity index (χ0v) is 13.1. The Morgan fingerprint density at radius 2 is 1.84 bits per heavy atom. The number of rotatable bonds is 9. The van der Waals surface area contributed by atoms with E-state index >= 15 is 0 Å². The Bertz CT molecular complexity index is 243. The molecule has 0 spiro atoms. The summed E-state index contributed by atoms with van der Waals surface area (Å²) in [6.07, 6.45) is 7.22. The summed E-state index contributed by atoms with van der Waals surface area (Å²) in [5.74, 6) is 1.57. The van der Waals surface area contributed by atoms with Crippen LogP contribution in [0.2, 0.25) is 0 Å². The van der Waals surface area contributed by atoms with Crippen molar-refractivity contribution >= 4 is 17.7 Å². The number of nitrogens with zero attached hydrogens (tertiary/aromatic N) is 2. The van der Waals surface area contributed by atoms with Crippen molar-refractivity contribution in [3.63, 3.8) is 0 Å². The Balaban J connectivity index is 2.09. The van der Waals surface area contributed by atoms with E-state index in [2.05, 4.69) is 11.2 Å². The number of nitrogens with two attached hydrogens (primary N) is 1. The van der Waals surface area contributed by atoms with Crippen molar-refractivity contribution in [1.29, 1.82) is 0 Å². The standard InChI is InChI=1S/C14H29N3OS/c1-19-13-5-8-16-9-11-17(12-10-16)14(18)6-3-2-4-7-15/h2-13,15H2,1H3. The lowest BCUT2D eigenvalue weighted by Crippen LogP contribution is -2.48. The molecule has 0 aromatic rings. The molecular weight excluding hydrogens is 258 g/mol. The van der Waals surface area contributed by atoms with Crippen molar-refractivity contribution < 1.29 is 4.79 Å². The molecule has 0 atom stereocenters. The molecule has 2 N–H and O–H groups in total. The second-order valence-electron chi connectivity index (χ2n) is 5.17. The van der Waals surface area contributed by atoms with E-state index in [9.17, 15) is 4.79 Å². The van der Waals surface area contributed by atoms with Crippen molar-refractivity contribution in [2.24, 2.45) is 5.73 Å². The number of hydrogen-bond acceptors (Lipinski definition) is 4. The van der Waals surface area contributed by atoms with Crippen LogP contribution in [0.15, 0.2) is 0 Å². The van der Waals surface area contributed by atoms with Gasteiger partial charge in [0, 0.05) is 32.6 Å². The summed E-state index contributed by atoms with van der Waals surface area (Å²) in [6.45, 7) is 5.83. The predicted molar refractivity (Wildman–Crippen MR) is 83.5 cm³/mol. The van der Waals surface area contributed by atoms with E-state index in [4.69, 9.17) is 5.73 Å². The minimum Gasteiger partial charge on any atom is -0.340 e. The van der Waals surface area contributed by atoms with Gasteiger partial charge >= 0.3 is 0 Å². The molecule has 0 radical (unpaired) electrons. The predicted octanol–water partition coefficient (Wildman–Crippen LogP) is 1.40. The Morgan fingerprint density at radius 1 is 1.11 bits per heavy atom. The van der Waals surface area contributed by atoms with Crippen LogP contribution in [0.1, 0.15) is 32.1 Å². The van der Waals surface area contributed by atoms with Crippen LogP contribution < -0.4 is 5.73 Å². The second-order valence-corrected chi connectivity index (χ2v) is 6.15. The van der Waals surface area contributed by atoms with Gasteiger partial charge in [0.05, 0.1) is 0 Å². The first kappa shape index (κ1) is 16.8. The Morgan fingerprint density at radius 3 is 2.47 bits per heavy atom. The van der Waals surface area contributed by atoms with Gasteiger partial charge in [0.2, 0.25) is 5.91 Å². The molecule has 0 aliphatic carbocycles. The maximum absolute atomic E-state index is 12.0. The van der Waals surface area contributed by atoms with Gasteiger partial charge in [-0.2, -0.15) is 11.8 Å². The molecule has 4 nitrogen and oxygen atoms in total. The molecule has 112 valence electrons. The largest absolute Gasteiger partial charge is 0.340 e. The summed E-state index contributed by atoms with van der Waals surface area (Å²) < 4.78 is 0. The molecular formula is C14H29N3OS. The number of unbranched alkanes of at least 4 members (excludes halogenated alkanes) is 2. The number of thioether (sulfide) groups is 1. The van der Waals surface area contributed by atoms with Crippen LogP contribution >= 0.6 is 11.8 Å². The lowest BCUT2D eigenvalue weighted by Gasteiger charge is -2.34. The van der Waals surface area contributed by atoms with Gasteiger partial charge in [-0.3, -0.25) is 9.69 Å². The first-order chi connectivity index (χ1) is 9.27. The van der Waals surface area contributed by atoms with Gasteiger partial charge in [-0.1, -0.05) is 6.42 Å². The summed E-state index contributed by atoms with van der Waals surface area (Å²) in [4.78, 5) is 16.5. The van der Waals surface area contributed by atoms with Gasteiger partial charge in [-0.05, 0) is 44.4 Å². The molecule has 0 saturated carbocycles. The quantitative estimate of drug-likeness (QED) is 0.651. The van der Waals surface area contributed by atoms with Crippen molar-refractivity contribution in [1.82, 2.24) is 9.80 Å². The fraction of sp³-hybridized carbons (Fsp3) is 0.929. The van der Waals surface area contributed by atoms with Crippen LogP contribution in [0.5, 0.6) is 0 Å². The molecule has 1 fully saturated rings. The molecule has 5 heteroatoms. The van der Waals surface area contributed by atoms with Crippen LogP contribution in [0.25, 0.3) is 0 Å². The third kappa shape index (κ3) is 7.18. The van der Waals surface area contributed by atoms with Gasteiger partial charge < -0.3 is 10.6 Å². The maximum atomic E-state index is 12.0. The fourth-order valence-electron chi connectivity index (χ4n) is 2.41. The highest BCUT2D eigenvalue weighted by Gasteiger charge is 2.19. The van der Waals surface area contributed by atoms with E-state index in [-0.39, 0.29) is 0 Å². The molecule has 1 aliphatic heterocycles. The van der Waals surface area contributed by atoms with Crippen LogP contribution in [-0.4, -0.2) is 67.0 Å². The third-order valence-electron chi connectivity index (χ3n) is 3.64. The normalized spacial score (nSPS) is 16.8. The Kier molecular flexibility index (Phi) is 9.30. The number of piperazine rings is 1. The zero-order valence-electron chi connectivity index (χ0n) is 12.3. The summed E-state index contributed by atoms with van der Waals surface area (Å²) in [7, 11) is 0. The molecule has 1 amide bonds. The molecule has 1 heterocycles. The SMILES string of the molecule is CSCCCN1CCN(C(=O)CCCCCN)CC1. The van der Waals surface area contributed by atoms with E-state index in [0.717, 1.165) is 52.0 Å². The van der Waals surface area contributed by atoms with Crippen molar-refractivity contribution in [2.75, 3.05) is 51.3 Å². The van der Waals surface area contributed by atoms with E-state index in [1.165, 1.54) is 18.7 Å². The van der Waals surface area contributed by atoms with Crippen molar-refractivity contribution in [2.45, 2.75) is 32.1 Å². The van der Waals surface area contributed by atoms with Gasteiger partial charge in [0.1, 0.15) is 0 Å². The zero-order chi connectivity index (χ0) is 13.9. The first-order valence-electron chi connectivity index (χ1n) is 7.47. The van der Waals surface area contributed by atoms with Crippen molar-refractivity contribution in [3.05, 3.63) is 0 Å². The molecule has 0 unspecified atom stereocenters. The van der Waals surface area contributed by atoms with E-state index in [0.29, 0.717) is 12.3 Å². The van der Waals surface area contributed by atoms with Crippen LogP contribution in [-0.2, 0) is 4.79 Å². The smallest absolute Gasteiger partial charge is 0.222 e. The summed E-state index contributed by atoms with van der Waals surface area (Å²) in [6, 6.07) is 0. The highest BCUT2D eigenvalue weighted by Crippen LogP contribution is 2.08. The minimum absolute atomic E-state index is 0.334. The van der Waals surface area contributed by atoms with Gasteiger partial charge in [0.25, 0.3) is 0 Å². The fourth-order valence-corrected chi connectivity index (χ4v) is 2.83. The van der Waals surface area contributed by atoms with Crippen LogP contribution in [0, 0.1) is 0 Å². The number of amides is 1. The molecule has 0 aromatic carbocycles. The molecule has 0 aromatic heterocycles. The number of hydrogen-bond donors (Lipinski definition) is 1. The Labute approximate surface area is 122 Å². The molecule has 0 bridgehead atoms. The lowest BCUT2D eigenvalue weighted by molar-refractivity contribution is -0.133. The van der Waals surface area contributed by atoms with E-state index in [1.807, 2.05) is 16.7 Å². The summed E-state index contributed by atoms with van der Waals surface area (Å²) in [5.41, 5.74) is 5.45.